The first kappa shape index (κ1) is 10.3. The normalized spacial score (nSPS) is 12.2. The van der Waals surface area contributed by atoms with E-state index in [-0.39, 0.29) is 0 Å². The van der Waals surface area contributed by atoms with Crippen LogP contribution in [0.3, 0.4) is 0 Å². The van der Waals surface area contributed by atoms with Gasteiger partial charge >= 0.3 is 0 Å². The summed E-state index contributed by atoms with van der Waals surface area (Å²) < 4.78 is 1.00. The zero-order chi connectivity index (χ0) is 9.84. The molecule has 0 amide bonds. The van der Waals surface area contributed by atoms with E-state index in [1.807, 2.05) is 25.1 Å². The highest BCUT2D eigenvalue weighted by Crippen LogP contribution is 2.23. The molecule has 0 heterocycles. The predicted molar refractivity (Wildman–Crippen MR) is 57.3 cm³/mol. The van der Waals surface area contributed by atoms with Crippen molar-refractivity contribution in [1.82, 2.24) is 0 Å². The topological polar surface area (TPSA) is 20.2 Å². The van der Waals surface area contributed by atoms with Crippen LogP contribution in [0.15, 0.2) is 22.7 Å². The molecule has 0 aromatic heterocycles. The van der Waals surface area contributed by atoms with E-state index in [0.29, 0.717) is 6.42 Å². The number of hydrogen-bond donors (Lipinski definition) is 1. The minimum atomic E-state index is -0.554. The third-order valence-corrected chi connectivity index (χ3v) is 2.75. The Balaban J connectivity index is 2.91. The molecule has 1 N–H and O–H groups in total. The van der Waals surface area contributed by atoms with E-state index in [4.69, 9.17) is 6.42 Å². The van der Waals surface area contributed by atoms with Crippen LogP contribution in [0.25, 0.3) is 0 Å². The number of rotatable bonds is 2. The Labute approximate surface area is 86.9 Å². The maximum atomic E-state index is 9.57. The SMILES string of the molecule is C#CCC(O)c1ccc(C)c(Br)c1. The minimum absolute atomic E-state index is 0.357. The molecule has 0 aliphatic carbocycles. The standard InChI is InChI=1S/C11H11BrO/c1-3-4-11(13)9-6-5-8(2)10(12)7-9/h1,5-7,11,13H,4H2,2H3. The van der Waals surface area contributed by atoms with E-state index in [1.165, 1.54) is 0 Å². The Hall–Kier alpha value is -0.780. The molecule has 0 saturated heterocycles. The number of terminal acetylenes is 1. The Bertz CT molecular complexity index is 338. The number of benzene rings is 1. The highest BCUT2D eigenvalue weighted by molar-refractivity contribution is 9.10. The van der Waals surface area contributed by atoms with Crippen LogP contribution >= 0.6 is 15.9 Å². The Morgan fingerprint density at radius 2 is 2.31 bits per heavy atom. The molecule has 1 atom stereocenters. The first-order valence-corrected chi connectivity index (χ1v) is 4.82. The maximum Gasteiger partial charge on any atom is 0.0899 e. The van der Waals surface area contributed by atoms with Gasteiger partial charge in [-0.25, -0.2) is 0 Å². The predicted octanol–water partition coefficient (Wildman–Crippen LogP) is 2.81. The second-order valence-electron chi connectivity index (χ2n) is 2.93. The molecule has 0 spiro atoms. The van der Waals surface area contributed by atoms with E-state index in [2.05, 4.69) is 21.9 Å². The highest BCUT2D eigenvalue weighted by atomic mass is 79.9. The Morgan fingerprint density at radius 3 is 2.85 bits per heavy atom. The average Bonchev–Trinajstić information content (AvgIpc) is 2.10. The lowest BCUT2D eigenvalue weighted by Crippen LogP contribution is -1.95. The van der Waals surface area contributed by atoms with Gasteiger partial charge in [-0.2, -0.15) is 0 Å². The number of aliphatic hydroxyl groups excluding tert-OH is 1. The van der Waals surface area contributed by atoms with E-state index in [0.717, 1.165) is 15.6 Å². The van der Waals surface area contributed by atoms with Crippen LogP contribution in [-0.2, 0) is 0 Å². The van der Waals surface area contributed by atoms with Crippen molar-refractivity contribution in [2.45, 2.75) is 19.4 Å². The molecule has 0 aliphatic rings. The fourth-order valence-electron chi connectivity index (χ4n) is 1.05. The summed E-state index contributed by atoms with van der Waals surface area (Å²) in [5, 5.41) is 9.57. The van der Waals surface area contributed by atoms with Gasteiger partial charge in [0, 0.05) is 10.9 Å². The van der Waals surface area contributed by atoms with Crippen LogP contribution in [0.2, 0.25) is 0 Å². The van der Waals surface area contributed by atoms with Crippen LogP contribution in [0.5, 0.6) is 0 Å². The summed E-state index contributed by atoms with van der Waals surface area (Å²) in [7, 11) is 0. The van der Waals surface area contributed by atoms with Gasteiger partial charge < -0.3 is 5.11 Å². The van der Waals surface area contributed by atoms with Crippen molar-refractivity contribution < 1.29 is 5.11 Å². The molecule has 13 heavy (non-hydrogen) atoms. The van der Waals surface area contributed by atoms with Gasteiger partial charge in [-0.3, -0.25) is 0 Å². The van der Waals surface area contributed by atoms with Crippen molar-refractivity contribution in [2.75, 3.05) is 0 Å². The van der Waals surface area contributed by atoms with Crippen molar-refractivity contribution in [3.8, 4) is 12.3 Å². The van der Waals surface area contributed by atoms with E-state index < -0.39 is 6.10 Å². The molecule has 1 nitrogen and oxygen atoms in total. The summed E-state index contributed by atoms with van der Waals surface area (Å²) in [6, 6.07) is 5.75. The molecule has 0 fully saturated rings. The fraction of sp³-hybridized carbons (Fsp3) is 0.273. The minimum Gasteiger partial charge on any atom is -0.387 e. The number of aryl methyl sites for hydroxylation is 1. The summed E-state index contributed by atoms with van der Waals surface area (Å²) in [6.07, 6.45) is 4.92. The zero-order valence-electron chi connectivity index (χ0n) is 7.42. The summed E-state index contributed by atoms with van der Waals surface area (Å²) in [4.78, 5) is 0. The largest absolute Gasteiger partial charge is 0.387 e. The van der Waals surface area contributed by atoms with Crippen molar-refractivity contribution in [3.05, 3.63) is 33.8 Å². The molecular formula is C11H11BrO. The lowest BCUT2D eigenvalue weighted by atomic mass is 10.1. The number of aliphatic hydroxyl groups is 1. The average molecular weight is 239 g/mol. The molecule has 68 valence electrons. The van der Waals surface area contributed by atoms with Crippen LogP contribution < -0.4 is 0 Å². The molecule has 2 heteroatoms. The number of halogens is 1. The van der Waals surface area contributed by atoms with Crippen LogP contribution in [0.1, 0.15) is 23.7 Å². The van der Waals surface area contributed by atoms with Gasteiger partial charge in [0.25, 0.3) is 0 Å². The molecule has 0 aliphatic heterocycles. The van der Waals surface area contributed by atoms with Crippen molar-refractivity contribution in [3.63, 3.8) is 0 Å². The first-order chi connectivity index (χ1) is 6.15. The van der Waals surface area contributed by atoms with E-state index >= 15 is 0 Å². The smallest absolute Gasteiger partial charge is 0.0899 e. The lowest BCUT2D eigenvalue weighted by molar-refractivity contribution is 0.184. The summed E-state index contributed by atoms with van der Waals surface area (Å²) >= 11 is 3.40. The van der Waals surface area contributed by atoms with Gasteiger partial charge in [0.1, 0.15) is 0 Å². The van der Waals surface area contributed by atoms with Crippen molar-refractivity contribution in [2.24, 2.45) is 0 Å². The summed E-state index contributed by atoms with van der Waals surface area (Å²) in [5.41, 5.74) is 2.01. The fourth-order valence-corrected chi connectivity index (χ4v) is 1.44. The monoisotopic (exact) mass is 238 g/mol. The maximum absolute atomic E-state index is 9.57. The molecule has 0 bridgehead atoms. The molecule has 0 saturated carbocycles. The first-order valence-electron chi connectivity index (χ1n) is 4.02. The quantitative estimate of drug-likeness (QED) is 0.787. The number of hydrogen-bond acceptors (Lipinski definition) is 1. The molecular weight excluding hydrogens is 228 g/mol. The van der Waals surface area contributed by atoms with Crippen LogP contribution in [0, 0.1) is 19.3 Å². The molecule has 1 aromatic rings. The third-order valence-electron chi connectivity index (χ3n) is 1.89. The van der Waals surface area contributed by atoms with Gasteiger partial charge in [0.05, 0.1) is 6.10 Å². The Kier molecular flexibility index (Phi) is 3.53. The zero-order valence-corrected chi connectivity index (χ0v) is 9.01. The highest BCUT2D eigenvalue weighted by Gasteiger charge is 2.06. The lowest BCUT2D eigenvalue weighted by Gasteiger charge is -2.08. The van der Waals surface area contributed by atoms with Gasteiger partial charge in [0.15, 0.2) is 0 Å². The Morgan fingerprint density at radius 1 is 1.62 bits per heavy atom. The molecule has 1 rings (SSSR count). The second-order valence-corrected chi connectivity index (χ2v) is 3.79. The molecule has 1 unspecified atom stereocenters. The van der Waals surface area contributed by atoms with Gasteiger partial charge in [-0.05, 0) is 24.1 Å². The summed E-state index contributed by atoms with van der Waals surface area (Å²) in [5.74, 6) is 2.43. The van der Waals surface area contributed by atoms with Gasteiger partial charge in [0.2, 0.25) is 0 Å². The van der Waals surface area contributed by atoms with Gasteiger partial charge in [-0.1, -0.05) is 28.1 Å². The molecule has 1 aromatic carbocycles. The van der Waals surface area contributed by atoms with Crippen LogP contribution in [-0.4, -0.2) is 5.11 Å². The second kappa shape index (κ2) is 4.45. The van der Waals surface area contributed by atoms with Crippen molar-refractivity contribution >= 4 is 15.9 Å². The van der Waals surface area contributed by atoms with Crippen LogP contribution in [0.4, 0.5) is 0 Å². The summed E-state index contributed by atoms with van der Waals surface area (Å²) in [6.45, 7) is 2.00. The van der Waals surface area contributed by atoms with Gasteiger partial charge in [-0.15, -0.1) is 12.3 Å². The third kappa shape index (κ3) is 2.58. The van der Waals surface area contributed by atoms with E-state index in [9.17, 15) is 5.11 Å². The molecule has 0 radical (unpaired) electrons. The van der Waals surface area contributed by atoms with E-state index in [1.54, 1.807) is 0 Å². The van der Waals surface area contributed by atoms with Crippen molar-refractivity contribution in [1.29, 1.82) is 0 Å².